The number of fused-ring (bicyclic) bond motifs is 3. The molecule has 0 amide bonds. The number of hydrogen-bond acceptors (Lipinski definition) is 5. The Morgan fingerprint density at radius 2 is 1.85 bits per heavy atom. The monoisotopic (exact) mass is 480 g/mol. The number of benzene rings is 3. The average molecular weight is 481 g/mol. The van der Waals surface area contributed by atoms with Gasteiger partial charge < -0.3 is 4.98 Å². The van der Waals surface area contributed by atoms with Crippen molar-refractivity contribution in [3.8, 4) is 5.69 Å². The summed E-state index contributed by atoms with van der Waals surface area (Å²) in [5.74, 6) is -0.314. The molecule has 2 aromatic heterocycles. The van der Waals surface area contributed by atoms with Crippen molar-refractivity contribution in [2.45, 2.75) is 10.9 Å². The number of para-hydroxylation sites is 1. The molecule has 164 valence electrons. The Balaban J connectivity index is 1.70. The number of rotatable bonds is 5. The molecular formula is C23H14ClFN4O3S. The number of non-ortho nitro benzene ring substituents is 1. The van der Waals surface area contributed by atoms with Gasteiger partial charge in [0, 0.05) is 39.4 Å². The molecule has 33 heavy (non-hydrogen) atoms. The largest absolute Gasteiger partial charge is 0.349 e. The number of nitro benzene ring substituents is 1. The van der Waals surface area contributed by atoms with Crippen LogP contribution in [-0.4, -0.2) is 19.5 Å². The molecule has 2 heterocycles. The number of aromatic nitrogens is 3. The van der Waals surface area contributed by atoms with Crippen LogP contribution in [0.5, 0.6) is 0 Å². The molecule has 0 atom stereocenters. The third-order valence-corrected chi connectivity index (χ3v) is 6.54. The van der Waals surface area contributed by atoms with E-state index in [1.807, 2.05) is 24.3 Å². The van der Waals surface area contributed by atoms with Gasteiger partial charge in [-0.3, -0.25) is 19.5 Å². The maximum atomic E-state index is 14.3. The van der Waals surface area contributed by atoms with Crippen molar-refractivity contribution < 1.29 is 9.31 Å². The Hall–Kier alpha value is -3.69. The zero-order valence-electron chi connectivity index (χ0n) is 16.8. The predicted octanol–water partition coefficient (Wildman–Crippen LogP) is 5.86. The van der Waals surface area contributed by atoms with Crippen LogP contribution >= 0.6 is 23.4 Å². The Kier molecular flexibility index (Phi) is 5.35. The van der Waals surface area contributed by atoms with E-state index in [0.717, 1.165) is 22.7 Å². The van der Waals surface area contributed by atoms with Gasteiger partial charge in [-0.1, -0.05) is 47.6 Å². The highest BCUT2D eigenvalue weighted by atomic mass is 35.5. The van der Waals surface area contributed by atoms with Gasteiger partial charge in [0.1, 0.15) is 16.9 Å². The minimum absolute atomic E-state index is 0.0983. The van der Waals surface area contributed by atoms with Gasteiger partial charge in [-0.25, -0.2) is 9.37 Å². The lowest BCUT2D eigenvalue weighted by Gasteiger charge is -2.13. The van der Waals surface area contributed by atoms with Gasteiger partial charge >= 0.3 is 0 Å². The second kappa shape index (κ2) is 8.34. The quantitative estimate of drug-likeness (QED) is 0.147. The predicted molar refractivity (Wildman–Crippen MR) is 127 cm³/mol. The van der Waals surface area contributed by atoms with Crippen LogP contribution in [0.3, 0.4) is 0 Å². The van der Waals surface area contributed by atoms with Crippen molar-refractivity contribution in [2.24, 2.45) is 0 Å². The van der Waals surface area contributed by atoms with Crippen molar-refractivity contribution in [1.29, 1.82) is 0 Å². The van der Waals surface area contributed by atoms with E-state index >= 15 is 0 Å². The van der Waals surface area contributed by atoms with Gasteiger partial charge in [-0.15, -0.1) is 0 Å². The van der Waals surface area contributed by atoms with Gasteiger partial charge in [-0.2, -0.15) is 0 Å². The van der Waals surface area contributed by atoms with Crippen molar-refractivity contribution in [2.75, 3.05) is 0 Å². The van der Waals surface area contributed by atoms with Gasteiger partial charge in [0.25, 0.3) is 11.2 Å². The zero-order chi connectivity index (χ0) is 23.1. The molecule has 5 aromatic rings. The minimum Gasteiger partial charge on any atom is -0.349 e. The molecule has 0 unspecified atom stereocenters. The van der Waals surface area contributed by atoms with E-state index in [4.69, 9.17) is 16.6 Å². The number of halogens is 2. The van der Waals surface area contributed by atoms with E-state index in [2.05, 4.69) is 4.98 Å². The normalized spacial score (nSPS) is 11.3. The Morgan fingerprint density at radius 1 is 1.09 bits per heavy atom. The van der Waals surface area contributed by atoms with Crippen LogP contribution in [0.4, 0.5) is 10.1 Å². The molecule has 0 radical (unpaired) electrons. The number of nitrogens with zero attached hydrogens (tertiary/aromatic N) is 3. The summed E-state index contributed by atoms with van der Waals surface area (Å²) in [4.78, 5) is 31.9. The number of H-pyrrole nitrogens is 1. The Morgan fingerprint density at radius 3 is 2.58 bits per heavy atom. The summed E-state index contributed by atoms with van der Waals surface area (Å²) in [6.45, 7) is 0. The standard InChI is InChI=1S/C23H14ClFN4O3S/c24-17-5-3-6-18(25)16(17)12-33-23-27-20-15-4-1-2-7-19(15)26-21(20)22(30)28(23)13-8-10-14(11-9-13)29(31)32/h1-11,26H,12H2. The first-order valence-corrected chi connectivity index (χ1v) is 11.1. The smallest absolute Gasteiger partial charge is 0.283 e. The third kappa shape index (κ3) is 3.75. The summed E-state index contributed by atoms with van der Waals surface area (Å²) in [6.07, 6.45) is 0. The topological polar surface area (TPSA) is 93.8 Å². The molecule has 3 aromatic carbocycles. The van der Waals surface area contributed by atoms with Crippen molar-refractivity contribution in [3.05, 3.63) is 104 Å². The van der Waals surface area contributed by atoms with Gasteiger partial charge in [0.2, 0.25) is 0 Å². The number of nitrogens with one attached hydrogen (secondary N) is 1. The molecule has 0 spiro atoms. The summed E-state index contributed by atoms with van der Waals surface area (Å²) < 4.78 is 15.7. The SMILES string of the molecule is O=c1c2[nH]c3ccccc3c2nc(SCc2c(F)cccc2Cl)n1-c1ccc([N+](=O)[O-])cc1. The van der Waals surface area contributed by atoms with E-state index < -0.39 is 10.7 Å². The first kappa shape index (κ1) is 21.2. The molecule has 0 aliphatic heterocycles. The molecule has 1 N–H and O–H groups in total. The van der Waals surface area contributed by atoms with E-state index in [-0.39, 0.29) is 22.0 Å². The maximum absolute atomic E-state index is 14.3. The third-order valence-electron chi connectivity index (χ3n) is 5.22. The number of aromatic amines is 1. The molecule has 10 heteroatoms. The Bertz CT molecular complexity index is 1580. The van der Waals surface area contributed by atoms with Crippen LogP contribution in [0, 0.1) is 15.9 Å². The summed E-state index contributed by atoms with van der Waals surface area (Å²) in [6, 6.07) is 17.5. The molecular weight excluding hydrogens is 467 g/mol. The fourth-order valence-corrected chi connectivity index (χ4v) is 4.95. The van der Waals surface area contributed by atoms with E-state index in [0.29, 0.717) is 27.4 Å². The summed E-state index contributed by atoms with van der Waals surface area (Å²) in [5, 5.41) is 12.4. The first-order chi connectivity index (χ1) is 15.9. The van der Waals surface area contributed by atoms with Crippen LogP contribution in [0.1, 0.15) is 5.56 Å². The molecule has 0 saturated heterocycles. The average Bonchev–Trinajstić information content (AvgIpc) is 3.18. The lowest BCUT2D eigenvalue weighted by atomic mass is 10.2. The van der Waals surface area contributed by atoms with Crippen LogP contribution < -0.4 is 5.56 Å². The molecule has 0 saturated carbocycles. The maximum Gasteiger partial charge on any atom is 0.283 e. The number of thioether (sulfide) groups is 1. The highest BCUT2D eigenvalue weighted by molar-refractivity contribution is 7.98. The van der Waals surface area contributed by atoms with Crippen LogP contribution in [-0.2, 0) is 5.75 Å². The van der Waals surface area contributed by atoms with E-state index in [1.54, 1.807) is 6.07 Å². The number of nitro groups is 1. The van der Waals surface area contributed by atoms with Crippen LogP contribution in [0.2, 0.25) is 5.02 Å². The van der Waals surface area contributed by atoms with Gasteiger partial charge in [0.15, 0.2) is 5.16 Å². The van der Waals surface area contributed by atoms with E-state index in [9.17, 15) is 19.3 Å². The summed E-state index contributed by atoms with van der Waals surface area (Å²) in [5.41, 5.74) is 1.80. The molecule has 0 aliphatic carbocycles. The van der Waals surface area contributed by atoms with Crippen molar-refractivity contribution >= 4 is 51.0 Å². The Labute approximate surface area is 195 Å². The molecule has 5 rings (SSSR count). The van der Waals surface area contributed by atoms with Crippen LogP contribution in [0.25, 0.3) is 27.6 Å². The lowest BCUT2D eigenvalue weighted by Crippen LogP contribution is -2.21. The molecule has 0 fully saturated rings. The first-order valence-electron chi connectivity index (χ1n) is 9.78. The number of hydrogen-bond donors (Lipinski definition) is 1. The summed E-state index contributed by atoms with van der Waals surface area (Å²) >= 11 is 7.33. The fraction of sp³-hybridized carbons (Fsp3) is 0.0435. The highest BCUT2D eigenvalue weighted by Gasteiger charge is 2.19. The van der Waals surface area contributed by atoms with Crippen molar-refractivity contribution in [3.63, 3.8) is 0 Å². The van der Waals surface area contributed by atoms with E-state index in [1.165, 1.54) is 41.0 Å². The van der Waals surface area contributed by atoms with Crippen LogP contribution in [0.15, 0.2) is 76.7 Å². The molecule has 7 nitrogen and oxygen atoms in total. The molecule has 0 bridgehead atoms. The highest BCUT2D eigenvalue weighted by Crippen LogP contribution is 2.31. The lowest BCUT2D eigenvalue weighted by molar-refractivity contribution is -0.384. The molecule has 0 aliphatic rings. The zero-order valence-corrected chi connectivity index (χ0v) is 18.4. The van der Waals surface area contributed by atoms with Gasteiger partial charge in [0.05, 0.1) is 10.6 Å². The second-order valence-corrected chi connectivity index (χ2v) is 8.54. The summed E-state index contributed by atoms with van der Waals surface area (Å²) in [7, 11) is 0. The van der Waals surface area contributed by atoms with Gasteiger partial charge in [-0.05, 0) is 30.3 Å². The minimum atomic E-state index is -0.512. The fourth-order valence-electron chi connectivity index (χ4n) is 3.60. The van der Waals surface area contributed by atoms with Crippen molar-refractivity contribution in [1.82, 2.24) is 14.5 Å². The second-order valence-electron chi connectivity index (χ2n) is 7.19.